The van der Waals surface area contributed by atoms with Gasteiger partial charge in [0.05, 0.1) is 20.0 Å². The van der Waals surface area contributed by atoms with Crippen LogP contribution in [0.3, 0.4) is 0 Å². The van der Waals surface area contributed by atoms with Crippen molar-refractivity contribution in [3.8, 4) is 5.75 Å². The highest BCUT2D eigenvalue weighted by Gasteiger charge is 2.29. The van der Waals surface area contributed by atoms with E-state index < -0.39 is 11.9 Å². The monoisotopic (exact) mass is 288 g/mol. The van der Waals surface area contributed by atoms with Crippen LogP contribution >= 0.6 is 0 Å². The van der Waals surface area contributed by atoms with Gasteiger partial charge in [0.2, 0.25) is 0 Å². The summed E-state index contributed by atoms with van der Waals surface area (Å²) in [5, 5.41) is 0.952. The summed E-state index contributed by atoms with van der Waals surface area (Å²) in [5.74, 6) is 0.321. The largest absolute Gasteiger partial charge is 0.493 e. The Bertz CT molecular complexity index is 725. The van der Waals surface area contributed by atoms with Gasteiger partial charge in [-0.2, -0.15) is 0 Å². The first-order valence-electron chi connectivity index (χ1n) is 6.80. The van der Waals surface area contributed by atoms with E-state index in [1.165, 1.54) is 0 Å². The molecular formula is C16H16O5. The molecule has 3 rings (SSSR count). The minimum atomic E-state index is -0.476. The number of carbonyl (C=O) groups excluding carboxylic acids is 2. The molecule has 0 unspecified atom stereocenters. The van der Waals surface area contributed by atoms with Crippen LogP contribution in [0.2, 0.25) is 0 Å². The number of cyclic esters (lactones) is 2. The highest BCUT2D eigenvalue weighted by Crippen LogP contribution is 2.38. The SMILES string of the molecule is COc1cc(C2CC(=O)OC(=O)C2)cc2c(C)c(C)oc12. The van der Waals surface area contributed by atoms with E-state index in [1.54, 1.807) is 7.11 Å². The first-order valence-corrected chi connectivity index (χ1v) is 6.80. The second-order valence-electron chi connectivity index (χ2n) is 5.33. The number of ether oxygens (including phenoxy) is 2. The number of rotatable bonds is 2. The Kier molecular flexibility index (Phi) is 3.20. The predicted octanol–water partition coefficient (Wildman–Crippen LogP) is 3.01. The van der Waals surface area contributed by atoms with Crippen LogP contribution in [0.1, 0.15) is 35.6 Å². The Balaban J connectivity index is 2.12. The fourth-order valence-corrected chi connectivity index (χ4v) is 2.73. The molecule has 0 bridgehead atoms. The van der Waals surface area contributed by atoms with Crippen molar-refractivity contribution in [2.75, 3.05) is 7.11 Å². The van der Waals surface area contributed by atoms with Crippen LogP contribution in [-0.4, -0.2) is 19.0 Å². The third-order valence-corrected chi connectivity index (χ3v) is 4.01. The summed E-state index contributed by atoms with van der Waals surface area (Å²) in [6.07, 6.45) is 0.409. The molecule has 5 heteroatoms. The third-order valence-electron chi connectivity index (χ3n) is 4.01. The molecule has 2 heterocycles. The first kappa shape index (κ1) is 13.7. The lowest BCUT2D eigenvalue weighted by molar-refractivity contribution is -0.163. The standard InChI is InChI=1S/C16H16O5/c1-8-9(2)20-16-12(8)4-10(5-13(16)19-3)11-6-14(17)21-15(18)7-11/h4-5,11H,6-7H2,1-3H3. The predicted molar refractivity (Wildman–Crippen MR) is 75.3 cm³/mol. The Morgan fingerprint density at radius 3 is 2.43 bits per heavy atom. The molecule has 0 saturated carbocycles. The molecule has 1 aromatic carbocycles. The molecule has 0 spiro atoms. The van der Waals surface area contributed by atoms with Crippen LogP contribution < -0.4 is 4.74 Å². The van der Waals surface area contributed by atoms with Crippen molar-refractivity contribution in [3.05, 3.63) is 29.0 Å². The van der Waals surface area contributed by atoms with Gasteiger partial charge < -0.3 is 13.9 Å². The number of aryl methyl sites for hydroxylation is 2. The highest BCUT2D eigenvalue weighted by molar-refractivity contribution is 5.91. The van der Waals surface area contributed by atoms with Gasteiger partial charge in [0.15, 0.2) is 11.3 Å². The molecule has 1 saturated heterocycles. The van der Waals surface area contributed by atoms with Gasteiger partial charge in [0.1, 0.15) is 5.76 Å². The van der Waals surface area contributed by atoms with E-state index in [4.69, 9.17) is 9.15 Å². The van der Waals surface area contributed by atoms with E-state index >= 15 is 0 Å². The average molecular weight is 288 g/mol. The van der Waals surface area contributed by atoms with Crippen LogP contribution in [0.15, 0.2) is 16.5 Å². The molecule has 0 N–H and O–H groups in total. The van der Waals surface area contributed by atoms with Crippen molar-refractivity contribution in [1.29, 1.82) is 0 Å². The van der Waals surface area contributed by atoms with Crippen molar-refractivity contribution >= 4 is 22.9 Å². The lowest BCUT2D eigenvalue weighted by atomic mass is 9.90. The smallest absolute Gasteiger partial charge is 0.314 e. The van der Waals surface area contributed by atoms with Crippen molar-refractivity contribution < 1.29 is 23.5 Å². The van der Waals surface area contributed by atoms with Gasteiger partial charge in [-0.25, -0.2) is 0 Å². The highest BCUT2D eigenvalue weighted by atomic mass is 16.6. The minimum absolute atomic E-state index is 0.174. The van der Waals surface area contributed by atoms with E-state index in [-0.39, 0.29) is 18.8 Å². The van der Waals surface area contributed by atoms with Gasteiger partial charge in [-0.05, 0) is 37.1 Å². The van der Waals surface area contributed by atoms with E-state index in [0.29, 0.717) is 11.3 Å². The number of methoxy groups -OCH3 is 1. The van der Waals surface area contributed by atoms with Gasteiger partial charge in [-0.1, -0.05) is 0 Å². The Hall–Kier alpha value is -2.30. The minimum Gasteiger partial charge on any atom is -0.493 e. The second kappa shape index (κ2) is 4.91. The zero-order valence-corrected chi connectivity index (χ0v) is 12.2. The quantitative estimate of drug-likeness (QED) is 0.627. The van der Waals surface area contributed by atoms with Crippen LogP contribution in [0, 0.1) is 13.8 Å². The molecule has 2 aromatic rings. The summed E-state index contributed by atoms with van der Waals surface area (Å²) in [7, 11) is 1.58. The van der Waals surface area contributed by atoms with Gasteiger partial charge in [0, 0.05) is 11.3 Å². The maximum Gasteiger partial charge on any atom is 0.314 e. The van der Waals surface area contributed by atoms with Gasteiger partial charge >= 0.3 is 11.9 Å². The van der Waals surface area contributed by atoms with Crippen LogP contribution in [0.4, 0.5) is 0 Å². The molecule has 1 aliphatic heterocycles. The third kappa shape index (κ3) is 2.28. The maximum absolute atomic E-state index is 11.5. The number of hydrogen-bond acceptors (Lipinski definition) is 5. The van der Waals surface area contributed by atoms with Gasteiger partial charge in [0.25, 0.3) is 0 Å². The van der Waals surface area contributed by atoms with E-state index in [1.807, 2.05) is 26.0 Å². The molecule has 0 aliphatic carbocycles. The molecular weight excluding hydrogens is 272 g/mol. The summed E-state index contributed by atoms with van der Waals surface area (Å²) in [4.78, 5) is 22.9. The average Bonchev–Trinajstić information content (AvgIpc) is 2.72. The van der Waals surface area contributed by atoms with E-state index in [9.17, 15) is 9.59 Å². The number of fused-ring (bicyclic) bond motifs is 1. The number of esters is 2. The molecule has 1 aliphatic rings. The number of benzene rings is 1. The fourth-order valence-electron chi connectivity index (χ4n) is 2.73. The molecule has 1 aromatic heterocycles. The van der Waals surface area contributed by atoms with Gasteiger partial charge in [-0.3, -0.25) is 9.59 Å². The summed E-state index contributed by atoms with van der Waals surface area (Å²) < 4.78 is 15.7. The second-order valence-corrected chi connectivity index (χ2v) is 5.33. The number of hydrogen-bond donors (Lipinski definition) is 0. The molecule has 1 fully saturated rings. The maximum atomic E-state index is 11.5. The normalized spacial score (nSPS) is 16.3. The van der Waals surface area contributed by atoms with Crippen LogP contribution in [0.25, 0.3) is 11.0 Å². The Morgan fingerprint density at radius 2 is 1.81 bits per heavy atom. The summed E-state index contributed by atoms with van der Waals surface area (Å²) in [5.41, 5.74) is 2.63. The van der Waals surface area contributed by atoms with Crippen molar-refractivity contribution in [2.24, 2.45) is 0 Å². The molecule has 0 atom stereocenters. The molecule has 0 amide bonds. The lowest BCUT2D eigenvalue weighted by Gasteiger charge is -2.20. The lowest BCUT2D eigenvalue weighted by Crippen LogP contribution is -2.24. The summed E-state index contributed by atoms with van der Waals surface area (Å²) in [6, 6.07) is 3.81. The van der Waals surface area contributed by atoms with Crippen molar-refractivity contribution in [1.82, 2.24) is 0 Å². The van der Waals surface area contributed by atoms with Crippen molar-refractivity contribution in [2.45, 2.75) is 32.6 Å². The van der Waals surface area contributed by atoms with E-state index in [0.717, 1.165) is 22.3 Å². The Labute approximate surface area is 121 Å². The Morgan fingerprint density at radius 1 is 1.14 bits per heavy atom. The zero-order chi connectivity index (χ0) is 15.1. The molecule has 5 nitrogen and oxygen atoms in total. The summed E-state index contributed by atoms with van der Waals surface area (Å²) in [6.45, 7) is 3.88. The topological polar surface area (TPSA) is 65.7 Å². The van der Waals surface area contributed by atoms with Crippen LogP contribution in [-0.2, 0) is 14.3 Å². The fraction of sp³-hybridized carbons (Fsp3) is 0.375. The van der Waals surface area contributed by atoms with Crippen molar-refractivity contribution in [3.63, 3.8) is 0 Å². The molecule has 110 valence electrons. The van der Waals surface area contributed by atoms with E-state index in [2.05, 4.69) is 4.74 Å². The number of carbonyl (C=O) groups is 2. The zero-order valence-electron chi connectivity index (χ0n) is 12.2. The summed E-state index contributed by atoms with van der Waals surface area (Å²) >= 11 is 0. The molecule has 21 heavy (non-hydrogen) atoms. The molecule has 0 radical (unpaired) electrons. The first-order chi connectivity index (χ1) is 9.99. The number of furan rings is 1. The van der Waals surface area contributed by atoms with Crippen LogP contribution in [0.5, 0.6) is 5.75 Å². The van der Waals surface area contributed by atoms with Gasteiger partial charge in [-0.15, -0.1) is 0 Å².